The van der Waals surface area contributed by atoms with Gasteiger partial charge in [-0.15, -0.1) is 0 Å². The fourth-order valence-electron chi connectivity index (χ4n) is 2.42. The van der Waals surface area contributed by atoms with Crippen LogP contribution in [0, 0.1) is 0 Å². The Morgan fingerprint density at radius 3 is 2.84 bits per heavy atom. The fraction of sp³-hybridized carbons (Fsp3) is 0.250. The molecule has 3 heteroatoms. The molecule has 1 unspecified atom stereocenters. The number of aliphatic hydroxyl groups is 1. The maximum absolute atomic E-state index is 10.7. The molecule has 0 amide bonds. The number of hydrogen-bond donors (Lipinski definition) is 1. The van der Waals surface area contributed by atoms with E-state index in [0.717, 1.165) is 23.3 Å². The van der Waals surface area contributed by atoms with Crippen LogP contribution in [0.1, 0.15) is 17.5 Å². The summed E-state index contributed by atoms with van der Waals surface area (Å²) >= 11 is 0. The SMILES string of the molecule is COc1cccc(C2(O)CCc3ccccc3O2)c1. The molecule has 0 fully saturated rings. The van der Waals surface area contributed by atoms with Crippen molar-refractivity contribution >= 4 is 0 Å². The number of aryl methyl sites for hydroxylation is 1. The number of methoxy groups -OCH3 is 1. The minimum atomic E-state index is -1.27. The van der Waals surface area contributed by atoms with Crippen LogP contribution < -0.4 is 9.47 Å². The Bertz CT molecular complexity index is 594. The first-order valence-electron chi connectivity index (χ1n) is 6.35. The number of fused-ring (bicyclic) bond motifs is 1. The number of rotatable bonds is 2. The molecule has 98 valence electrons. The maximum atomic E-state index is 10.7. The van der Waals surface area contributed by atoms with Gasteiger partial charge in [0.2, 0.25) is 5.79 Å². The van der Waals surface area contributed by atoms with Gasteiger partial charge in [-0.05, 0) is 30.2 Å². The Balaban J connectivity index is 1.96. The summed E-state index contributed by atoms with van der Waals surface area (Å²) in [6, 6.07) is 15.2. The molecule has 0 bridgehead atoms. The van der Waals surface area contributed by atoms with E-state index >= 15 is 0 Å². The molecular weight excluding hydrogens is 240 g/mol. The van der Waals surface area contributed by atoms with Gasteiger partial charge >= 0.3 is 0 Å². The van der Waals surface area contributed by atoms with Crippen molar-refractivity contribution in [1.82, 2.24) is 0 Å². The van der Waals surface area contributed by atoms with Crippen LogP contribution in [-0.2, 0) is 12.2 Å². The van der Waals surface area contributed by atoms with Gasteiger partial charge in [-0.2, -0.15) is 0 Å². The normalized spacial score (nSPS) is 21.4. The Kier molecular flexibility index (Phi) is 2.91. The van der Waals surface area contributed by atoms with E-state index in [0.29, 0.717) is 12.2 Å². The van der Waals surface area contributed by atoms with Gasteiger partial charge in [-0.1, -0.05) is 30.3 Å². The minimum absolute atomic E-state index is 0.539. The third-order valence-electron chi connectivity index (χ3n) is 3.51. The molecule has 0 spiro atoms. The molecule has 0 saturated heterocycles. The molecule has 1 N–H and O–H groups in total. The lowest BCUT2D eigenvalue weighted by Crippen LogP contribution is -2.36. The van der Waals surface area contributed by atoms with Crippen LogP contribution in [0.4, 0.5) is 0 Å². The van der Waals surface area contributed by atoms with Crippen LogP contribution in [-0.4, -0.2) is 12.2 Å². The first kappa shape index (κ1) is 12.1. The van der Waals surface area contributed by atoms with E-state index in [1.165, 1.54) is 0 Å². The largest absolute Gasteiger partial charge is 0.497 e. The molecule has 0 radical (unpaired) electrons. The standard InChI is InChI=1S/C16H16O3/c1-18-14-7-4-6-13(11-14)16(17)10-9-12-5-2-3-8-15(12)19-16/h2-8,11,17H,9-10H2,1H3. The van der Waals surface area contributed by atoms with Crippen LogP contribution in [0.3, 0.4) is 0 Å². The van der Waals surface area contributed by atoms with Gasteiger partial charge in [-0.25, -0.2) is 0 Å². The van der Waals surface area contributed by atoms with E-state index in [2.05, 4.69) is 0 Å². The lowest BCUT2D eigenvalue weighted by Gasteiger charge is -2.34. The van der Waals surface area contributed by atoms with Crippen molar-refractivity contribution in [3.05, 3.63) is 59.7 Å². The predicted octanol–water partition coefficient (Wildman–Crippen LogP) is 2.87. The van der Waals surface area contributed by atoms with Crippen molar-refractivity contribution in [1.29, 1.82) is 0 Å². The molecule has 3 rings (SSSR count). The lowest BCUT2D eigenvalue weighted by atomic mass is 9.94. The summed E-state index contributed by atoms with van der Waals surface area (Å²) in [6.07, 6.45) is 1.33. The van der Waals surface area contributed by atoms with Gasteiger partial charge in [0, 0.05) is 12.0 Å². The van der Waals surface area contributed by atoms with Gasteiger partial charge in [0.25, 0.3) is 0 Å². The third-order valence-corrected chi connectivity index (χ3v) is 3.51. The van der Waals surface area contributed by atoms with Crippen LogP contribution in [0.25, 0.3) is 0 Å². The molecule has 19 heavy (non-hydrogen) atoms. The third kappa shape index (κ3) is 2.17. The highest BCUT2D eigenvalue weighted by atomic mass is 16.6. The first-order valence-corrected chi connectivity index (χ1v) is 6.35. The molecule has 2 aromatic rings. The summed E-state index contributed by atoms with van der Waals surface area (Å²) in [4.78, 5) is 0. The Morgan fingerprint density at radius 1 is 1.16 bits per heavy atom. The van der Waals surface area contributed by atoms with Gasteiger partial charge in [-0.3, -0.25) is 0 Å². The van der Waals surface area contributed by atoms with Gasteiger partial charge in [0.15, 0.2) is 0 Å². The average Bonchev–Trinajstić information content (AvgIpc) is 2.47. The maximum Gasteiger partial charge on any atom is 0.235 e. The van der Waals surface area contributed by atoms with Crippen molar-refractivity contribution in [2.45, 2.75) is 18.6 Å². The molecule has 0 aromatic heterocycles. The second kappa shape index (κ2) is 4.59. The van der Waals surface area contributed by atoms with Crippen LogP contribution >= 0.6 is 0 Å². The summed E-state index contributed by atoms with van der Waals surface area (Å²) in [5, 5.41) is 10.7. The second-order valence-electron chi connectivity index (χ2n) is 4.73. The second-order valence-corrected chi connectivity index (χ2v) is 4.73. The van der Waals surface area contributed by atoms with E-state index in [4.69, 9.17) is 9.47 Å². The minimum Gasteiger partial charge on any atom is -0.497 e. The van der Waals surface area contributed by atoms with Crippen molar-refractivity contribution < 1.29 is 14.6 Å². The molecule has 1 heterocycles. The zero-order valence-electron chi connectivity index (χ0n) is 10.8. The van der Waals surface area contributed by atoms with E-state index in [1.807, 2.05) is 48.5 Å². The fourth-order valence-corrected chi connectivity index (χ4v) is 2.42. The lowest BCUT2D eigenvalue weighted by molar-refractivity contribution is -0.158. The molecule has 2 aromatic carbocycles. The van der Waals surface area contributed by atoms with Crippen LogP contribution in [0.5, 0.6) is 11.5 Å². The van der Waals surface area contributed by atoms with Crippen LogP contribution in [0.2, 0.25) is 0 Å². The molecular formula is C16H16O3. The van der Waals surface area contributed by atoms with Gasteiger partial charge in [0.05, 0.1) is 7.11 Å². The number of benzene rings is 2. The van der Waals surface area contributed by atoms with Gasteiger partial charge < -0.3 is 14.6 Å². The average molecular weight is 256 g/mol. The topological polar surface area (TPSA) is 38.7 Å². The summed E-state index contributed by atoms with van der Waals surface area (Å²) in [7, 11) is 1.61. The Morgan fingerprint density at radius 2 is 2.00 bits per heavy atom. The van der Waals surface area contributed by atoms with Crippen molar-refractivity contribution in [2.24, 2.45) is 0 Å². The monoisotopic (exact) mass is 256 g/mol. The van der Waals surface area contributed by atoms with E-state index in [-0.39, 0.29) is 0 Å². The number of ether oxygens (including phenoxy) is 2. The van der Waals surface area contributed by atoms with Crippen molar-refractivity contribution in [2.75, 3.05) is 7.11 Å². The molecule has 1 aliphatic rings. The zero-order valence-corrected chi connectivity index (χ0v) is 10.8. The zero-order chi connectivity index (χ0) is 13.3. The highest BCUT2D eigenvalue weighted by Crippen LogP contribution is 2.38. The number of hydrogen-bond acceptors (Lipinski definition) is 3. The molecule has 1 atom stereocenters. The summed E-state index contributed by atoms with van der Waals surface area (Å²) in [5.74, 6) is 0.190. The molecule has 0 saturated carbocycles. The summed E-state index contributed by atoms with van der Waals surface area (Å²) in [5.41, 5.74) is 1.86. The molecule has 3 nitrogen and oxygen atoms in total. The predicted molar refractivity (Wildman–Crippen MR) is 72.3 cm³/mol. The highest BCUT2D eigenvalue weighted by molar-refractivity contribution is 5.39. The smallest absolute Gasteiger partial charge is 0.235 e. The van der Waals surface area contributed by atoms with E-state index in [9.17, 15) is 5.11 Å². The summed E-state index contributed by atoms with van der Waals surface area (Å²) in [6.45, 7) is 0. The van der Waals surface area contributed by atoms with E-state index in [1.54, 1.807) is 7.11 Å². The quantitative estimate of drug-likeness (QED) is 0.898. The van der Waals surface area contributed by atoms with E-state index < -0.39 is 5.79 Å². The molecule has 0 aliphatic carbocycles. The Labute approximate surface area is 112 Å². The Hall–Kier alpha value is -2.00. The first-order chi connectivity index (χ1) is 9.21. The van der Waals surface area contributed by atoms with Crippen molar-refractivity contribution in [3.8, 4) is 11.5 Å². The highest BCUT2D eigenvalue weighted by Gasteiger charge is 2.36. The van der Waals surface area contributed by atoms with Crippen LogP contribution in [0.15, 0.2) is 48.5 Å². The van der Waals surface area contributed by atoms with Crippen molar-refractivity contribution in [3.63, 3.8) is 0 Å². The molecule has 1 aliphatic heterocycles. The van der Waals surface area contributed by atoms with Gasteiger partial charge in [0.1, 0.15) is 11.5 Å². The summed E-state index contributed by atoms with van der Waals surface area (Å²) < 4.78 is 11.0. The number of para-hydroxylation sites is 1.